The van der Waals surface area contributed by atoms with E-state index >= 15 is 0 Å². The molecule has 1 aliphatic rings. The van der Waals surface area contributed by atoms with Gasteiger partial charge in [-0.1, -0.05) is 12.1 Å². The van der Waals surface area contributed by atoms with Crippen LogP contribution < -0.4 is 14.8 Å². The van der Waals surface area contributed by atoms with Crippen molar-refractivity contribution in [1.29, 1.82) is 0 Å². The third kappa shape index (κ3) is 3.63. The average molecular weight is 403 g/mol. The summed E-state index contributed by atoms with van der Waals surface area (Å²) in [6.45, 7) is 3.05. The van der Waals surface area contributed by atoms with E-state index in [0.29, 0.717) is 11.3 Å². The Hall–Kier alpha value is -3.49. The van der Waals surface area contributed by atoms with Crippen LogP contribution in [0.4, 0.5) is 18.9 Å². The minimum absolute atomic E-state index is 0.0150. The van der Waals surface area contributed by atoms with Crippen molar-refractivity contribution in [2.75, 3.05) is 5.32 Å². The van der Waals surface area contributed by atoms with Crippen LogP contribution in [0.3, 0.4) is 0 Å². The quantitative estimate of drug-likeness (QED) is 0.672. The zero-order valence-corrected chi connectivity index (χ0v) is 15.4. The van der Waals surface area contributed by atoms with Crippen LogP contribution >= 0.6 is 0 Å². The maximum Gasteiger partial charge on any atom is 0.586 e. The number of benzene rings is 2. The lowest BCUT2D eigenvalue weighted by Crippen LogP contribution is -2.25. The zero-order chi connectivity index (χ0) is 20.8. The second-order valence-electron chi connectivity index (χ2n) is 6.55. The van der Waals surface area contributed by atoms with Gasteiger partial charge < -0.3 is 14.8 Å². The molecule has 29 heavy (non-hydrogen) atoms. The van der Waals surface area contributed by atoms with Crippen molar-refractivity contribution in [2.24, 2.45) is 0 Å². The summed E-state index contributed by atoms with van der Waals surface area (Å²) >= 11 is 0. The van der Waals surface area contributed by atoms with Gasteiger partial charge in [-0.15, -0.1) is 8.78 Å². The number of aromatic nitrogens is 2. The summed E-state index contributed by atoms with van der Waals surface area (Å²) in [7, 11) is 0. The first-order valence-electron chi connectivity index (χ1n) is 8.73. The number of hydrogen-bond donors (Lipinski definition) is 1. The normalized spacial score (nSPS) is 15.2. The highest BCUT2D eigenvalue weighted by atomic mass is 19.3. The third-order valence-corrected chi connectivity index (χ3v) is 4.44. The molecule has 4 rings (SSSR count). The number of aryl methyl sites for hydroxylation is 1. The topological polar surface area (TPSA) is 65.4 Å². The Morgan fingerprint density at radius 3 is 2.45 bits per heavy atom. The molecule has 1 N–H and O–H groups in total. The number of carbonyl (C=O) groups excluding carboxylic acids is 1. The minimum atomic E-state index is -3.68. The lowest BCUT2D eigenvalue weighted by molar-refractivity contribution is -0.286. The second kappa shape index (κ2) is 6.84. The molecule has 1 aliphatic heterocycles. The van der Waals surface area contributed by atoms with Gasteiger partial charge in [-0.25, -0.2) is 9.07 Å². The Balaban J connectivity index is 1.55. The molecular formula is C20H16F3N3O3. The van der Waals surface area contributed by atoms with E-state index in [1.807, 2.05) is 0 Å². The van der Waals surface area contributed by atoms with Crippen molar-refractivity contribution < 1.29 is 27.4 Å². The Morgan fingerprint density at radius 2 is 1.79 bits per heavy atom. The van der Waals surface area contributed by atoms with E-state index in [1.54, 1.807) is 31.2 Å². The number of nitrogens with zero attached hydrogens (tertiary/aromatic N) is 2. The molecule has 2 heterocycles. The van der Waals surface area contributed by atoms with Crippen molar-refractivity contribution in [1.82, 2.24) is 9.78 Å². The Kier molecular flexibility index (Phi) is 4.45. The summed E-state index contributed by atoms with van der Waals surface area (Å²) in [6, 6.07) is 11.2. The van der Waals surface area contributed by atoms with E-state index in [1.165, 1.54) is 31.3 Å². The highest BCUT2D eigenvalue weighted by Crippen LogP contribution is 2.44. The van der Waals surface area contributed by atoms with Crippen molar-refractivity contribution in [3.8, 4) is 22.6 Å². The van der Waals surface area contributed by atoms with Crippen LogP contribution in [0.2, 0.25) is 0 Å². The van der Waals surface area contributed by atoms with Gasteiger partial charge in [0.15, 0.2) is 17.8 Å². The van der Waals surface area contributed by atoms with Crippen LogP contribution in [-0.4, -0.2) is 22.0 Å². The summed E-state index contributed by atoms with van der Waals surface area (Å²) in [5.41, 5.74) is 2.74. The van der Waals surface area contributed by atoms with Crippen LogP contribution in [0.15, 0.2) is 48.7 Å². The first kappa shape index (κ1) is 18.9. The zero-order valence-electron chi connectivity index (χ0n) is 15.4. The van der Waals surface area contributed by atoms with Gasteiger partial charge in [0.05, 0.1) is 0 Å². The number of halogens is 3. The molecule has 0 radical (unpaired) electrons. The molecule has 1 amide bonds. The number of fused-ring (bicyclic) bond motifs is 1. The molecule has 0 fully saturated rings. The summed E-state index contributed by atoms with van der Waals surface area (Å²) in [6.07, 6.45) is -3.76. The molecule has 3 aromatic rings. The number of anilines is 1. The lowest BCUT2D eigenvalue weighted by Gasteiger charge is -2.11. The largest absolute Gasteiger partial charge is 0.586 e. The highest BCUT2D eigenvalue weighted by Gasteiger charge is 2.43. The van der Waals surface area contributed by atoms with E-state index in [-0.39, 0.29) is 17.2 Å². The van der Waals surface area contributed by atoms with E-state index in [0.717, 1.165) is 15.8 Å². The molecule has 150 valence electrons. The molecule has 6 nitrogen and oxygen atoms in total. The number of ether oxygens (including phenoxy) is 2. The summed E-state index contributed by atoms with van der Waals surface area (Å²) < 4.78 is 50.0. The van der Waals surface area contributed by atoms with Gasteiger partial charge in [-0.2, -0.15) is 5.10 Å². The molecule has 1 unspecified atom stereocenters. The van der Waals surface area contributed by atoms with Crippen LogP contribution in [0, 0.1) is 6.92 Å². The third-order valence-electron chi connectivity index (χ3n) is 4.44. The number of amides is 1. The van der Waals surface area contributed by atoms with Gasteiger partial charge in [0.2, 0.25) is 0 Å². The van der Waals surface area contributed by atoms with E-state index < -0.39 is 18.5 Å². The van der Waals surface area contributed by atoms with Gasteiger partial charge in [-0.05, 0) is 60.9 Å². The van der Waals surface area contributed by atoms with Crippen LogP contribution in [0.5, 0.6) is 11.5 Å². The van der Waals surface area contributed by atoms with Crippen LogP contribution in [-0.2, 0) is 0 Å². The lowest BCUT2D eigenvalue weighted by atomic mass is 9.99. The Morgan fingerprint density at radius 1 is 1.14 bits per heavy atom. The summed E-state index contributed by atoms with van der Waals surface area (Å²) in [5, 5.41) is 6.46. The SMILES string of the molecule is Cc1cc2c(cc1-c1ccc(NC(=O)c3ccnn3C(C)F)cc1)OC(F)(F)O2. The van der Waals surface area contributed by atoms with E-state index in [4.69, 9.17) is 0 Å². The van der Waals surface area contributed by atoms with Crippen molar-refractivity contribution in [3.63, 3.8) is 0 Å². The number of alkyl halides is 3. The van der Waals surface area contributed by atoms with E-state index in [9.17, 15) is 18.0 Å². The number of hydrogen-bond acceptors (Lipinski definition) is 4. The molecule has 0 saturated heterocycles. The molecular weight excluding hydrogens is 387 g/mol. The number of carbonyl (C=O) groups is 1. The van der Waals surface area contributed by atoms with Gasteiger partial charge in [0.1, 0.15) is 5.69 Å². The molecule has 9 heteroatoms. The monoisotopic (exact) mass is 403 g/mol. The van der Waals surface area contributed by atoms with Crippen LogP contribution in [0.1, 0.15) is 29.3 Å². The molecule has 1 atom stereocenters. The maximum absolute atomic E-state index is 13.5. The fourth-order valence-corrected chi connectivity index (χ4v) is 3.11. The minimum Gasteiger partial charge on any atom is -0.395 e. The van der Waals surface area contributed by atoms with Crippen molar-refractivity contribution >= 4 is 11.6 Å². The standard InChI is InChI=1S/C20H16F3N3O3/c1-11-9-17-18(29-20(22,23)28-17)10-15(11)13-3-5-14(6-4-13)25-19(27)16-7-8-24-26(16)12(2)21/h3-10,12H,1-2H3,(H,25,27). The highest BCUT2D eigenvalue weighted by molar-refractivity contribution is 6.03. The Bertz CT molecular complexity index is 1080. The second-order valence-corrected chi connectivity index (χ2v) is 6.55. The maximum atomic E-state index is 13.5. The smallest absolute Gasteiger partial charge is 0.395 e. The van der Waals surface area contributed by atoms with Crippen molar-refractivity contribution in [3.05, 3.63) is 59.9 Å². The predicted molar refractivity (Wildman–Crippen MR) is 98.8 cm³/mol. The predicted octanol–water partition coefficient (Wildman–Crippen LogP) is 4.92. The molecule has 0 saturated carbocycles. The van der Waals surface area contributed by atoms with E-state index in [2.05, 4.69) is 19.9 Å². The fraction of sp³-hybridized carbons (Fsp3) is 0.200. The van der Waals surface area contributed by atoms with Gasteiger partial charge >= 0.3 is 6.29 Å². The first-order chi connectivity index (χ1) is 13.7. The fourth-order valence-electron chi connectivity index (χ4n) is 3.11. The molecule has 0 bridgehead atoms. The average Bonchev–Trinajstić information content (AvgIpc) is 3.25. The Labute approximate surface area is 163 Å². The van der Waals surface area contributed by atoms with Crippen molar-refractivity contribution in [2.45, 2.75) is 26.4 Å². The van der Waals surface area contributed by atoms with Gasteiger partial charge in [0.25, 0.3) is 5.91 Å². The van der Waals surface area contributed by atoms with Gasteiger partial charge in [0, 0.05) is 11.9 Å². The first-order valence-corrected chi connectivity index (χ1v) is 8.73. The molecule has 2 aromatic carbocycles. The number of nitrogens with one attached hydrogen (secondary N) is 1. The van der Waals surface area contributed by atoms with Gasteiger partial charge in [-0.3, -0.25) is 4.79 Å². The van der Waals surface area contributed by atoms with Crippen LogP contribution in [0.25, 0.3) is 11.1 Å². The summed E-state index contributed by atoms with van der Waals surface area (Å²) in [4.78, 5) is 12.4. The number of rotatable bonds is 4. The molecule has 0 spiro atoms. The molecule has 1 aromatic heterocycles. The summed E-state index contributed by atoms with van der Waals surface area (Å²) in [5.74, 6) is -0.554. The molecule has 0 aliphatic carbocycles.